The van der Waals surface area contributed by atoms with Crippen LogP contribution >= 0.6 is 23.2 Å². The third kappa shape index (κ3) is 3.93. The molecule has 3 atom stereocenters. The van der Waals surface area contributed by atoms with E-state index in [4.69, 9.17) is 23.2 Å². The highest BCUT2D eigenvalue weighted by molar-refractivity contribution is 6.31. The first-order valence-electron chi connectivity index (χ1n) is 13.2. The van der Waals surface area contributed by atoms with Crippen LogP contribution in [0.1, 0.15) is 41.8 Å². The van der Waals surface area contributed by atoms with E-state index in [1.165, 1.54) is 4.68 Å². The van der Waals surface area contributed by atoms with E-state index in [0.717, 1.165) is 28.9 Å². The molecule has 2 aliphatic heterocycles. The normalized spacial score (nSPS) is 20.4. The number of rotatable bonds is 4. The Morgan fingerprint density at radius 1 is 1.00 bits per heavy atom. The van der Waals surface area contributed by atoms with Gasteiger partial charge in [-0.2, -0.15) is 4.39 Å². The van der Waals surface area contributed by atoms with Crippen LogP contribution in [-0.4, -0.2) is 35.4 Å². The average Bonchev–Trinajstić information content (AvgIpc) is 3.28. The van der Waals surface area contributed by atoms with Gasteiger partial charge in [0.25, 0.3) is 5.56 Å². The van der Waals surface area contributed by atoms with Gasteiger partial charge in [0.05, 0.1) is 23.6 Å². The molecule has 3 aromatic heterocycles. The van der Waals surface area contributed by atoms with Crippen LogP contribution in [0.2, 0.25) is 10.2 Å². The third-order valence-electron chi connectivity index (χ3n) is 8.24. The Bertz CT molecular complexity index is 1980. The summed E-state index contributed by atoms with van der Waals surface area (Å²) in [6.07, 6.45) is 3.45. The van der Waals surface area contributed by atoms with Crippen LogP contribution in [0.25, 0.3) is 28.2 Å². The summed E-state index contributed by atoms with van der Waals surface area (Å²) in [6, 6.07) is 13.9. The fourth-order valence-electron chi connectivity index (χ4n) is 6.31. The summed E-state index contributed by atoms with van der Waals surface area (Å²) in [5.41, 5.74) is 5.44. The van der Waals surface area contributed by atoms with Crippen molar-refractivity contribution < 1.29 is 9.18 Å². The third-order valence-corrected chi connectivity index (χ3v) is 8.65. The molecule has 1 amide bonds. The highest BCUT2D eigenvalue weighted by atomic mass is 35.5. The molecule has 1 fully saturated rings. The molecule has 204 valence electrons. The SMILES string of the molecule is O=C1CCc2cc(-c3nc(F)c(C4C5CC5c5cc(-c6cc(Cl)ccc6-n6cc(Cl)nn6)cc(=O)n54)[nH]3)ccc2N1. The van der Waals surface area contributed by atoms with Crippen LogP contribution in [0.3, 0.4) is 0 Å². The predicted molar refractivity (Wildman–Crippen MR) is 151 cm³/mol. The number of nitrogens with zero attached hydrogens (tertiary/aromatic N) is 5. The van der Waals surface area contributed by atoms with E-state index in [1.54, 1.807) is 41.1 Å². The smallest absolute Gasteiger partial charge is 0.251 e. The van der Waals surface area contributed by atoms with Gasteiger partial charge in [-0.1, -0.05) is 28.4 Å². The first kappa shape index (κ1) is 24.5. The van der Waals surface area contributed by atoms with Gasteiger partial charge in [0.1, 0.15) is 5.82 Å². The van der Waals surface area contributed by atoms with Crippen molar-refractivity contribution in [3.8, 4) is 28.2 Å². The number of aryl methyl sites for hydroxylation is 1. The summed E-state index contributed by atoms with van der Waals surface area (Å²) in [5.74, 6) is -0.0197. The van der Waals surface area contributed by atoms with Crippen molar-refractivity contribution >= 4 is 34.8 Å². The molecule has 2 N–H and O–H groups in total. The van der Waals surface area contributed by atoms with Gasteiger partial charge < -0.3 is 14.9 Å². The number of hydrogen-bond donors (Lipinski definition) is 2. The van der Waals surface area contributed by atoms with E-state index in [2.05, 4.69) is 25.6 Å². The fraction of sp³-hybridized carbons (Fsp3) is 0.207. The Hall–Kier alpha value is -4.28. The Balaban J connectivity index is 1.19. The van der Waals surface area contributed by atoms with Crippen LogP contribution < -0.4 is 10.9 Å². The van der Waals surface area contributed by atoms with Crippen molar-refractivity contribution in [3.63, 3.8) is 0 Å². The second-order valence-electron chi connectivity index (χ2n) is 10.7. The highest BCUT2D eigenvalue weighted by Crippen LogP contribution is 2.61. The van der Waals surface area contributed by atoms with E-state index in [9.17, 15) is 9.59 Å². The van der Waals surface area contributed by atoms with Crippen molar-refractivity contribution in [1.82, 2.24) is 29.5 Å². The minimum Gasteiger partial charge on any atom is -0.338 e. The predicted octanol–water partition coefficient (Wildman–Crippen LogP) is 5.52. The number of benzene rings is 2. The number of aromatic nitrogens is 6. The second-order valence-corrected chi connectivity index (χ2v) is 11.5. The first-order chi connectivity index (χ1) is 19.8. The topological polar surface area (TPSA) is 110 Å². The zero-order valence-electron chi connectivity index (χ0n) is 21.2. The summed E-state index contributed by atoms with van der Waals surface area (Å²) in [5, 5.41) is 11.5. The quantitative estimate of drug-likeness (QED) is 0.287. The molecule has 5 aromatic rings. The Morgan fingerprint density at radius 3 is 2.71 bits per heavy atom. The molecule has 41 heavy (non-hydrogen) atoms. The zero-order valence-corrected chi connectivity index (χ0v) is 22.7. The zero-order chi connectivity index (χ0) is 28.0. The molecule has 3 aliphatic rings. The number of nitrogens with one attached hydrogen (secondary N) is 2. The van der Waals surface area contributed by atoms with E-state index in [1.807, 2.05) is 18.2 Å². The average molecular weight is 588 g/mol. The summed E-state index contributed by atoms with van der Waals surface area (Å²) < 4.78 is 18.7. The minimum absolute atomic E-state index is 0.0153. The van der Waals surface area contributed by atoms with E-state index in [0.29, 0.717) is 46.2 Å². The van der Waals surface area contributed by atoms with Crippen molar-refractivity contribution in [2.75, 3.05) is 5.32 Å². The van der Waals surface area contributed by atoms with Crippen LogP contribution in [0, 0.1) is 11.9 Å². The summed E-state index contributed by atoms with van der Waals surface area (Å²) in [4.78, 5) is 32.7. The van der Waals surface area contributed by atoms with Gasteiger partial charge in [-0.25, -0.2) is 9.67 Å². The number of hydrogen-bond acceptors (Lipinski definition) is 5. The molecule has 3 unspecified atom stereocenters. The minimum atomic E-state index is -0.620. The molecule has 12 heteroatoms. The number of imidazole rings is 1. The molecule has 5 heterocycles. The van der Waals surface area contributed by atoms with Crippen molar-refractivity contribution in [2.45, 2.75) is 31.2 Å². The summed E-state index contributed by atoms with van der Waals surface area (Å²) in [6.45, 7) is 0. The maximum atomic E-state index is 15.4. The van der Waals surface area contributed by atoms with Crippen LogP contribution in [-0.2, 0) is 11.2 Å². The van der Waals surface area contributed by atoms with Crippen molar-refractivity contribution in [3.05, 3.63) is 98.2 Å². The Kier molecular flexibility index (Phi) is 5.30. The molecule has 1 aliphatic carbocycles. The van der Waals surface area contributed by atoms with Gasteiger partial charge in [-0.15, -0.1) is 5.10 Å². The molecule has 8 rings (SSSR count). The fourth-order valence-corrected chi connectivity index (χ4v) is 6.61. The van der Waals surface area contributed by atoms with E-state index >= 15 is 4.39 Å². The molecule has 0 radical (unpaired) electrons. The molecule has 9 nitrogen and oxygen atoms in total. The molecule has 2 aromatic carbocycles. The monoisotopic (exact) mass is 587 g/mol. The number of anilines is 1. The van der Waals surface area contributed by atoms with Crippen LogP contribution in [0.5, 0.6) is 0 Å². The number of carbonyl (C=O) groups excluding carboxylic acids is 1. The van der Waals surface area contributed by atoms with Gasteiger partial charge in [-0.05, 0) is 72.4 Å². The lowest BCUT2D eigenvalue weighted by Crippen LogP contribution is -2.26. The van der Waals surface area contributed by atoms with Crippen molar-refractivity contribution in [1.29, 1.82) is 0 Å². The lowest BCUT2D eigenvalue weighted by atomic mass is 10.0. The standard InChI is InChI=1S/C29H20Cl2FN7O2/c30-16-3-5-21(38-12-23(31)36-37-38)17(10-16)15-8-22-18-11-19(18)27(39(22)25(41)9-15)26-28(32)35-29(34-26)14-1-4-20-13(7-14)2-6-24(40)33-20/h1,3-5,7-10,12,18-19,27H,2,6,11H2,(H,33,40)(H,34,35). The van der Waals surface area contributed by atoms with Gasteiger partial charge in [0.2, 0.25) is 11.9 Å². The summed E-state index contributed by atoms with van der Waals surface area (Å²) >= 11 is 12.3. The highest BCUT2D eigenvalue weighted by Gasteiger charge is 2.54. The largest absolute Gasteiger partial charge is 0.338 e. The van der Waals surface area contributed by atoms with Gasteiger partial charge in [-0.3, -0.25) is 9.59 Å². The molecule has 0 saturated heterocycles. The second kappa shape index (κ2) is 8.86. The maximum absolute atomic E-state index is 15.4. The molecular formula is C29H20Cl2FN7O2. The molecule has 0 spiro atoms. The van der Waals surface area contributed by atoms with Crippen molar-refractivity contribution in [2.24, 2.45) is 5.92 Å². The number of aromatic amines is 1. The number of amides is 1. The van der Waals surface area contributed by atoms with E-state index in [-0.39, 0.29) is 28.5 Å². The number of carbonyl (C=O) groups is 1. The van der Waals surface area contributed by atoms with Crippen LogP contribution in [0.4, 0.5) is 10.1 Å². The maximum Gasteiger partial charge on any atom is 0.251 e. The molecular weight excluding hydrogens is 568 g/mol. The van der Waals surface area contributed by atoms with Gasteiger partial charge in [0.15, 0.2) is 5.15 Å². The van der Waals surface area contributed by atoms with Gasteiger partial charge in [0, 0.05) is 45.9 Å². The Labute approximate surface area is 241 Å². The first-order valence-corrected chi connectivity index (χ1v) is 13.9. The Morgan fingerprint density at radius 2 is 1.88 bits per heavy atom. The molecule has 1 saturated carbocycles. The number of H-pyrrole nitrogens is 1. The number of halogens is 3. The van der Waals surface area contributed by atoms with E-state index < -0.39 is 12.0 Å². The molecule has 0 bridgehead atoms. The number of pyridine rings is 1. The number of fused-ring (bicyclic) bond motifs is 4. The lowest BCUT2D eigenvalue weighted by Gasteiger charge is -2.18. The summed E-state index contributed by atoms with van der Waals surface area (Å²) in [7, 11) is 0. The lowest BCUT2D eigenvalue weighted by molar-refractivity contribution is -0.116. The van der Waals surface area contributed by atoms with Gasteiger partial charge >= 0.3 is 0 Å². The van der Waals surface area contributed by atoms with Crippen LogP contribution in [0.15, 0.2) is 59.5 Å².